The third-order valence-corrected chi connectivity index (χ3v) is 11.1. The van der Waals surface area contributed by atoms with E-state index in [1.165, 1.54) is 64.2 Å². The monoisotopic (exact) mass is 937 g/mol. The molecule has 0 heterocycles. The van der Waals surface area contributed by atoms with E-state index in [9.17, 15) is 14.7 Å². The van der Waals surface area contributed by atoms with Gasteiger partial charge in [-0.15, -0.1) is 0 Å². The predicted molar refractivity (Wildman–Crippen MR) is 297 cm³/mol. The summed E-state index contributed by atoms with van der Waals surface area (Å²) in [4.78, 5) is 24.5. The van der Waals surface area contributed by atoms with E-state index < -0.39 is 6.10 Å². The van der Waals surface area contributed by atoms with Crippen LogP contribution in [0.1, 0.15) is 219 Å². The molecule has 0 bridgehead atoms. The third kappa shape index (κ3) is 54.4. The number of allylic oxidation sites excluding steroid dienone is 24. The average Bonchev–Trinajstić information content (AvgIpc) is 3.34. The summed E-state index contributed by atoms with van der Waals surface area (Å²) < 4.78 is 10.7. The standard InChI is InChI=1S/C63H100O5/c1-3-5-7-9-11-13-15-17-19-21-23-25-27-28-29-30-31-32-33-34-36-38-40-42-44-46-48-50-52-54-56-58-63(66)68-61(59-64)60-67-62(65)57-55-53-51-49-47-45-43-41-39-37-35-26-24-22-20-18-16-14-12-10-8-6-4-2/h5-8,11-14,17-20,23-26,28-29,31-32,37,39,43,45,61,64H,3-4,9-10,15-16,21-22,27,30,33-36,38,40-42,44,46-60H2,1-2H3/b7-5-,8-6-,13-11-,14-12-,19-17-,20-18-,25-23-,26-24-,29-28-,32-31-,39-37-,45-43-. The number of esters is 2. The summed E-state index contributed by atoms with van der Waals surface area (Å²) in [5, 5.41) is 9.65. The third-order valence-electron chi connectivity index (χ3n) is 11.1. The van der Waals surface area contributed by atoms with E-state index in [0.29, 0.717) is 12.8 Å². The quantitative estimate of drug-likeness (QED) is 0.0374. The molecule has 0 rings (SSSR count). The van der Waals surface area contributed by atoms with Crippen LogP contribution in [0.4, 0.5) is 0 Å². The van der Waals surface area contributed by atoms with Gasteiger partial charge in [0.25, 0.3) is 0 Å². The van der Waals surface area contributed by atoms with Crippen molar-refractivity contribution in [3.8, 4) is 0 Å². The van der Waals surface area contributed by atoms with Crippen LogP contribution in [-0.2, 0) is 19.1 Å². The van der Waals surface area contributed by atoms with Crippen molar-refractivity contribution in [2.24, 2.45) is 0 Å². The smallest absolute Gasteiger partial charge is 0.306 e. The van der Waals surface area contributed by atoms with E-state index >= 15 is 0 Å². The van der Waals surface area contributed by atoms with Gasteiger partial charge in [-0.1, -0.05) is 237 Å². The molecule has 68 heavy (non-hydrogen) atoms. The van der Waals surface area contributed by atoms with Crippen LogP contribution in [-0.4, -0.2) is 36.4 Å². The number of hydrogen-bond acceptors (Lipinski definition) is 5. The summed E-state index contributed by atoms with van der Waals surface area (Å²) >= 11 is 0. The number of aliphatic hydroxyl groups excluding tert-OH is 1. The fourth-order valence-electron chi connectivity index (χ4n) is 7.09. The summed E-state index contributed by atoms with van der Waals surface area (Å²) in [5.74, 6) is -0.631. The number of rotatable bonds is 48. The molecule has 0 aromatic rings. The molecule has 0 aliphatic heterocycles. The Labute approximate surface area is 418 Å². The van der Waals surface area contributed by atoms with Crippen molar-refractivity contribution in [2.45, 2.75) is 225 Å². The van der Waals surface area contributed by atoms with Crippen molar-refractivity contribution in [1.82, 2.24) is 0 Å². The molecular weight excluding hydrogens is 837 g/mol. The second-order valence-corrected chi connectivity index (χ2v) is 17.5. The summed E-state index contributed by atoms with van der Waals surface area (Å²) in [6, 6.07) is 0. The fourth-order valence-corrected chi connectivity index (χ4v) is 7.09. The van der Waals surface area contributed by atoms with E-state index in [1.807, 2.05) is 0 Å². The van der Waals surface area contributed by atoms with E-state index in [2.05, 4.69) is 160 Å². The van der Waals surface area contributed by atoms with Gasteiger partial charge in [-0.05, 0) is 116 Å². The van der Waals surface area contributed by atoms with Crippen LogP contribution in [0.5, 0.6) is 0 Å². The molecule has 1 atom stereocenters. The molecule has 1 unspecified atom stereocenters. The lowest BCUT2D eigenvalue weighted by molar-refractivity contribution is -0.161. The van der Waals surface area contributed by atoms with Gasteiger partial charge in [-0.25, -0.2) is 0 Å². The van der Waals surface area contributed by atoms with Crippen molar-refractivity contribution in [3.05, 3.63) is 146 Å². The van der Waals surface area contributed by atoms with E-state index in [0.717, 1.165) is 128 Å². The molecular formula is C63H100O5. The molecule has 0 aromatic heterocycles. The molecule has 5 heteroatoms. The van der Waals surface area contributed by atoms with Crippen LogP contribution in [0, 0.1) is 0 Å². The second-order valence-electron chi connectivity index (χ2n) is 17.5. The largest absolute Gasteiger partial charge is 0.462 e. The fraction of sp³-hybridized carbons (Fsp3) is 0.587. The summed E-state index contributed by atoms with van der Waals surface area (Å²) in [6.45, 7) is 3.88. The molecule has 0 amide bonds. The van der Waals surface area contributed by atoms with Crippen molar-refractivity contribution in [1.29, 1.82) is 0 Å². The predicted octanol–water partition coefficient (Wildman–Crippen LogP) is 18.6. The molecule has 0 aromatic carbocycles. The van der Waals surface area contributed by atoms with E-state index in [-0.39, 0.29) is 25.2 Å². The van der Waals surface area contributed by atoms with Gasteiger partial charge in [-0.3, -0.25) is 9.59 Å². The van der Waals surface area contributed by atoms with Crippen molar-refractivity contribution in [2.75, 3.05) is 13.2 Å². The van der Waals surface area contributed by atoms with E-state index in [4.69, 9.17) is 9.47 Å². The highest BCUT2D eigenvalue weighted by Crippen LogP contribution is 2.14. The number of hydrogen-bond donors (Lipinski definition) is 1. The maximum atomic E-state index is 12.3. The number of unbranched alkanes of at least 4 members (excludes halogenated alkanes) is 16. The Morgan fingerprint density at radius 3 is 0.882 bits per heavy atom. The van der Waals surface area contributed by atoms with Gasteiger partial charge in [0.2, 0.25) is 0 Å². The van der Waals surface area contributed by atoms with Gasteiger partial charge in [0.1, 0.15) is 6.61 Å². The van der Waals surface area contributed by atoms with Crippen LogP contribution in [0.3, 0.4) is 0 Å². The molecule has 0 aliphatic rings. The highest BCUT2D eigenvalue weighted by Gasteiger charge is 2.16. The van der Waals surface area contributed by atoms with Crippen molar-refractivity contribution in [3.63, 3.8) is 0 Å². The van der Waals surface area contributed by atoms with Gasteiger partial charge in [-0.2, -0.15) is 0 Å². The molecule has 0 radical (unpaired) electrons. The normalized spacial score (nSPS) is 13.4. The van der Waals surface area contributed by atoms with Crippen LogP contribution >= 0.6 is 0 Å². The Kier molecular flexibility index (Phi) is 53.6. The summed E-state index contributed by atoms with van der Waals surface area (Å²) in [7, 11) is 0. The number of aliphatic hydroxyl groups is 1. The Bertz CT molecular complexity index is 1480. The summed E-state index contributed by atoms with van der Waals surface area (Å²) in [5.41, 5.74) is 0. The Morgan fingerprint density at radius 1 is 0.338 bits per heavy atom. The minimum Gasteiger partial charge on any atom is -0.462 e. The lowest BCUT2D eigenvalue weighted by Gasteiger charge is -2.15. The van der Waals surface area contributed by atoms with E-state index in [1.54, 1.807) is 0 Å². The number of carbonyl (C=O) groups is 2. The van der Waals surface area contributed by atoms with Crippen LogP contribution in [0.15, 0.2) is 146 Å². The minimum atomic E-state index is -0.796. The lowest BCUT2D eigenvalue weighted by atomic mass is 10.0. The highest BCUT2D eigenvalue weighted by atomic mass is 16.6. The van der Waals surface area contributed by atoms with Gasteiger partial charge in [0.05, 0.1) is 6.61 Å². The number of carbonyl (C=O) groups excluding carboxylic acids is 2. The topological polar surface area (TPSA) is 72.8 Å². The minimum absolute atomic E-state index is 0.0892. The van der Waals surface area contributed by atoms with Crippen LogP contribution in [0.2, 0.25) is 0 Å². The lowest BCUT2D eigenvalue weighted by Crippen LogP contribution is -2.28. The zero-order chi connectivity index (χ0) is 49.2. The first-order valence-corrected chi connectivity index (χ1v) is 27.4. The maximum absolute atomic E-state index is 12.3. The molecule has 0 spiro atoms. The zero-order valence-corrected chi connectivity index (χ0v) is 43.6. The molecule has 1 N–H and O–H groups in total. The number of ether oxygens (including phenoxy) is 2. The Hall–Kier alpha value is -4.22. The molecule has 0 fully saturated rings. The molecule has 5 nitrogen and oxygen atoms in total. The van der Waals surface area contributed by atoms with Crippen molar-refractivity contribution < 1.29 is 24.2 Å². The molecule has 0 aliphatic carbocycles. The maximum Gasteiger partial charge on any atom is 0.306 e. The Morgan fingerprint density at radius 2 is 0.588 bits per heavy atom. The molecule has 382 valence electrons. The van der Waals surface area contributed by atoms with Gasteiger partial charge >= 0.3 is 11.9 Å². The first kappa shape index (κ1) is 63.8. The molecule has 0 saturated heterocycles. The first-order chi connectivity index (χ1) is 33.6. The van der Waals surface area contributed by atoms with Gasteiger partial charge < -0.3 is 14.6 Å². The SMILES string of the molecule is CC/C=C\C/C=C\C/C=C\C/C=C\C/C=C\C/C=C\CCCCCCCCCCCCCCC(=O)OC(CO)COC(=O)CCCCCC/C=C\C/C=C\C/C=C\C/C=C\C/C=C\C/C=C\CC. The summed E-state index contributed by atoms with van der Waals surface area (Å²) in [6.07, 6.45) is 86.6. The zero-order valence-electron chi connectivity index (χ0n) is 43.6. The average molecular weight is 937 g/mol. The van der Waals surface area contributed by atoms with Crippen LogP contribution < -0.4 is 0 Å². The Balaban J connectivity index is 3.60. The molecule has 0 saturated carbocycles. The van der Waals surface area contributed by atoms with Crippen molar-refractivity contribution >= 4 is 11.9 Å². The van der Waals surface area contributed by atoms with Crippen LogP contribution in [0.25, 0.3) is 0 Å². The van der Waals surface area contributed by atoms with Gasteiger partial charge in [0.15, 0.2) is 6.10 Å². The second kappa shape index (κ2) is 57.1. The highest BCUT2D eigenvalue weighted by molar-refractivity contribution is 5.70. The first-order valence-electron chi connectivity index (χ1n) is 27.4. The van der Waals surface area contributed by atoms with Gasteiger partial charge in [0, 0.05) is 12.8 Å².